The number of amides is 1. The minimum atomic E-state index is -0.385. The van der Waals surface area contributed by atoms with Crippen molar-refractivity contribution in [3.8, 4) is 0 Å². The molecule has 1 saturated carbocycles. The van der Waals surface area contributed by atoms with Crippen molar-refractivity contribution in [2.75, 3.05) is 27.2 Å². The Morgan fingerprint density at radius 3 is 2.77 bits per heavy atom. The fourth-order valence-corrected chi connectivity index (χ4v) is 4.18. The zero-order valence-electron chi connectivity index (χ0n) is 15.2. The molecule has 1 unspecified atom stereocenters. The van der Waals surface area contributed by atoms with Crippen molar-refractivity contribution in [1.82, 2.24) is 40.0 Å². The molecule has 1 saturated heterocycles. The van der Waals surface area contributed by atoms with Crippen molar-refractivity contribution in [1.29, 1.82) is 0 Å². The third-order valence-corrected chi connectivity index (χ3v) is 5.75. The molecule has 0 N–H and O–H groups in total. The molecule has 0 radical (unpaired) electrons. The first-order chi connectivity index (χ1) is 12.6. The lowest BCUT2D eigenvalue weighted by atomic mass is 9.95. The van der Waals surface area contributed by atoms with Gasteiger partial charge in [0.1, 0.15) is 11.2 Å². The molecule has 1 amide bonds. The molecule has 9 heteroatoms. The summed E-state index contributed by atoms with van der Waals surface area (Å²) in [6, 6.07) is 0.363. The van der Waals surface area contributed by atoms with Gasteiger partial charge in [0, 0.05) is 25.5 Å². The van der Waals surface area contributed by atoms with Crippen molar-refractivity contribution >= 4 is 5.91 Å². The Morgan fingerprint density at radius 1 is 1.27 bits per heavy atom. The Bertz CT molecular complexity index is 770. The number of carbonyl (C=O) groups excluding carboxylic acids is 1. The molecule has 2 fully saturated rings. The first-order valence-electron chi connectivity index (χ1n) is 9.13. The summed E-state index contributed by atoms with van der Waals surface area (Å²) in [6.45, 7) is 1.19. The Labute approximate surface area is 152 Å². The molecular weight excluding hydrogens is 332 g/mol. The fourth-order valence-electron chi connectivity index (χ4n) is 4.18. The number of likely N-dealkylation sites (N-methyl/N-ethyl adjacent to an activating group) is 1. The third-order valence-electron chi connectivity index (χ3n) is 5.75. The average molecular weight is 356 g/mol. The lowest BCUT2D eigenvalue weighted by Crippen LogP contribution is -2.47. The molecule has 3 heterocycles. The summed E-state index contributed by atoms with van der Waals surface area (Å²) in [5.41, 5.74) is -0.0123. The van der Waals surface area contributed by atoms with Crippen molar-refractivity contribution in [3.63, 3.8) is 0 Å². The van der Waals surface area contributed by atoms with E-state index in [1.54, 1.807) is 12.4 Å². The maximum atomic E-state index is 12.8. The van der Waals surface area contributed by atoms with E-state index in [0.717, 1.165) is 25.1 Å². The minimum absolute atomic E-state index is 0.0956. The van der Waals surface area contributed by atoms with Gasteiger partial charge in [0.05, 0.1) is 12.2 Å². The molecule has 138 valence electrons. The Hall–Kier alpha value is -2.42. The molecule has 1 aliphatic heterocycles. The van der Waals surface area contributed by atoms with Gasteiger partial charge in [-0.3, -0.25) is 14.7 Å². The molecule has 0 spiro atoms. The number of hydrogen-bond donors (Lipinski definition) is 0. The van der Waals surface area contributed by atoms with Crippen molar-refractivity contribution in [3.05, 3.63) is 30.1 Å². The number of tetrazole rings is 1. The number of rotatable bonds is 4. The van der Waals surface area contributed by atoms with E-state index in [-0.39, 0.29) is 11.4 Å². The first kappa shape index (κ1) is 17.0. The maximum Gasteiger partial charge on any atom is 0.274 e. The predicted molar refractivity (Wildman–Crippen MR) is 93.2 cm³/mol. The van der Waals surface area contributed by atoms with E-state index >= 15 is 0 Å². The second-order valence-electron chi connectivity index (χ2n) is 7.38. The SMILES string of the molecule is CN(C)C1(c2nnnn2C2CCCC2)CCN(C(=O)c2cnccn2)C1. The number of hydrogen-bond acceptors (Lipinski definition) is 7. The molecule has 0 aromatic carbocycles. The van der Waals surface area contributed by atoms with Crippen LogP contribution in [0.2, 0.25) is 0 Å². The van der Waals surface area contributed by atoms with Crippen molar-refractivity contribution in [2.45, 2.75) is 43.7 Å². The van der Waals surface area contributed by atoms with Crippen LogP contribution in [-0.4, -0.2) is 73.1 Å². The second-order valence-corrected chi connectivity index (χ2v) is 7.38. The second kappa shape index (κ2) is 6.71. The van der Waals surface area contributed by atoms with Gasteiger partial charge in [0.15, 0.2) is 5.82 Å². The van der Waals surface area contributed by atoms with Gasteiger partial charge < -0.3 is 4.90 Å². The molecule has 2 aromatic rings. The van der Waals surface area contributed by atoms with E-state index in [0.29, 0.717) is 24.8 Å². The van der Waals surface area contributed by atoms with Crippen LogP contribution in [0.4, 0.5) is 0 Å². The molecule has 2 aromatic heterocycles. The summed E-state index contributed by atoms with van der Waals surface area (Å²) in [7, 11) is 4.06. The summed E-state index contributed by atoms with van der Waals surface area (Å²) in [4.78, 5) is 24.9. The number of carbonyl (C=O) groups is 1. The maximum absolute atomic E-state index is 12.8. The van der Waals surface area contributed by atoms with Crippen LogP contribution in [-0.2, 0) is 5.54 Å². The third kappa shape index (κ3) is 2.76. The molecule has 4 rings (SSSR count). The van der Waals surface area contributed by atoms with E-state index in [1.807, 2.05) is 23.7 Å². The van der Waals surface area contributed by atoms with Crippen LogP contribution in [0.25, 0.3) is 0 Å². The zero-order chi connectivity index (χ0) is 18.1. The highest BCUT2D eigenvalue weighted by Crippen LogP contribution is 2.38. The predicted octanol–water partition coefficient (Wildman–Crippen LogP) is 0.881. The molecule has 0 bridgehead atoms. The lowest BCUT2D eigenvalue weighted by molar-refractivity contribution is 0.0731. The van der Waals surface area contributed by atoms with Gasteiger partial charge >= 0.3 is 0 Å². The molecule has 9 nitrogen and oxygen atoms in total. The smallest absolute Gasteiger partial charge is 0.274 e. The van der Waals surface area contributed by atoms with E-state index in [2.05, 4.69) is 30.4 Å². The number of aromatic nitrogens is 6. The minimum Gasteiger partial charge on any atom is -0.335 e. The highest BCUT2D eigenvalue weighted by molar-refractivity contribution is 5.92. The molecule has 2 aliphatic rings. The molecule has 1 aliphatic carbocycles. The highest BCUT2D eigenvalue weighted by atomic mass is 16.2. The van der Waals surface area contributed by atoms with Crippen LogP contribution in [0.3, 0.4) is 0 Å². The van der Waals surface area contributed by atoms with E-state index in [9.17, 15) is 4.79 Å². The summed E-state index contributed by atoms with van der Waals surface area (Å²) in [5.74, 6) is 0.769. The van der Waals surface area contributed by atoms with Gasteiger partial charge in [-0.25, -0.2) is 9.67 Å². The molecule has 1 atom stereocenters. The van der Waals surface area contributed by atoms with E-state index in [4.69, 9.17) is 0 Å². The van der Waals surface area contributed by atoms with Gasteiger partial charge in [-0.15, -0.1) is 5.10 Å². The highest BCUT2D eigenvalue weighted by Gasteiger charge is 2.48. The fraction of sp³-hybridized carbons (Fsp3) is 0.647. The van der Waals surface area contributed by atoms with Crippen LogP contribution < -0.4 is 0 Å². The Morgan fingerprint density at radius 2 is 2.08 bits per heavy atom. The van der Waals surface area contributed by atoms with Crippen molar-refractivity contribution < 1.29 is 4.79 Å². The normalized spacial score (nSPS) is 23.9. The average Bonchev–Trinajstić information content (AvgIpc) is 3.40. The van der Waals surface area contributed by atoms with E-state index in [1.165, 1.54) is 19.0 Å². The summed E-state index contributed by atoms with van der Waals surface area (Å²) < 4.78 is 2.00. The number of likely N-dealkylation sites (tertiary alicyclic amines) is 1. The lowest BCUT2D eigenvalue weighted by Gasteiger charge is -2.35. The molecular formula is C17H24N8O. The van der Waals surface area contributed by atoms with Crippen LogP contribution in [0.15, 0.2) is 18.6 Å². The van der Waals surface area contributed by atoms with Gasteiger partial charge in [0.25, 0.3) is 5.91 Å². The van der Waals surface area contributed by atoms with E-state index < -0.39 is 0 Å². The molecule has 26 heavy (non-hydrogen) atoms. The standard InChI is InChI=1S/C17H24N8O/c1-23(2)17(16-20-21-22-25(16)13-5-3-4-6-13)7-10-24(12-17)15(26)14-11-18-8-9-19-14/h8-9,11,13H,3-7,10,12H2,1-2H3. The van der Waals surface area contributed by atoms with Gasteiger partial charge in [-0.05, 0) is 43.8 Å². The van der Waals surface area contributed by atoms with Gasteiger partial charge in [0.2, 0.25) is 0 Å². The largest absolute Gasteiger partial charge is 0.335 e. The van der Waals surface area contributed by atoms with Crippen LogP contribution in [0.5, 0.6) is 0 Å². The van der Waals surface area contributed by atoms with Crippen LogP contribution >= 0.6 is 0 Å². The quantitative estimate of drug-likeness (QED) is 0.803. The van der Waals surface area contributed by atoms with Crippen molar-refractivity contribution in [2.24, 2.45) is 0 Å². The van der Waals surface area contributed by atoms with Gasteiger partial charge in [-0.2, -0.15) is 0 Å². The topological polar surface area (TPSA) is 92.9 Å². The zero-order valence-corrected chi connectivity index (χ0v) is 15.2. The summed E-state index contributed by atoms with van der Waals surface area (Å²) in [5, 5.41) is 12.7. The summed E-state index contributed by atoms with van der Waals surface area (Å²) in [6.07, 6.45) is 10.1. The van der Waals surface area contributed by atoms with Crippen LogP contribution in [0.1, 0.15) is 54.5 Å². The van der Waals surface area contributed by atoms with Gasteiger partial charge in [-0.1, -0.05) is 12.8 Å². The number of nitrogens with zero attached hydrogens (tertiary/aromatic N) is 8. The van der Waals surface area contributed by atoms with Crippen LogP contribution in [0, 0.1) is 0 Å². The Kier molecular flexibility index (Phi) is 4.39. The Balaban J connectivity index is 1.63. The monoisotopic (exact) mass is 356 g/mol. The summed E-state index contributed by atoms with van der Waals surface area (Å²) >= 11 is 0. The first-order valence-corrected chi connectivity index (χ1v) is 9.13.